The standard InChI is InChI=1S/C14H17BrN2O2/c1-3-12-13(18)16-9(2)14(19)17(12)8-10-4-6-11(15)7-5-10/h4-7,9,12H,3,8H2,1-2H3,(H,16,18). The first-order chi connectivity index (χ1) is 9.02. The van der Waals surface area contributed by atoms with Gasteiger partial charge in [-0.05, 0) is 31.0 Å². The molecular formula is C14H17BrN2O2. The van der Waals surface area contributed by atoms with E-state index >= 15 is 0 Å². The average molecular weight is 325 g/mol. The highest BCUT2D eigenvalue weighted by Gasteiger charge is 2.37. The van der Waals surface area contributed by atoms with Crippen molar-refractivity contribution in [3.63, 3.8) is 0 Å². The van der Waals surface area contributed by atoms with E-state index < -0.39 is 6.04 Å². The van der Waals surface area contributed by atoms with Gasteiger partial charge in [0, 0.05) is 11.0 Å². The van der Waals surface area contributed by atoms with E-state index in [0.717, 1.165) is 10.0 Å². The Kier molecular flexibility index (Phi) is 4.24. The maximum absolute atomic E-state index is 12.2. The van der Waals surface area contributed by atoms with Gasteiger partial charge < -0.3 is 10.2 Å². The first kappa shape index (κ1) is 14.1. The molecule has 0 saturated carbocycles. The smallest absolute Gasteiger partial charge is 0.245 e. The number of halogens is 1. The summed E-state index contributed by atoms with van der Waals surface area (Å²) in [5.74, 6) is -0.0823. The maximum Gasteiger partial charge on any atom is 0.245 e. The Morgan fingerprint density at radius 2 is 1.89 bits per heavy atom. The van der Waals surface area contributed by atoms with Crippen LogP contribution in [0.25, 0.3) is 0 Å². The van der Waals surface area contributed by atoms with Crippen molar-refractivity contribution in [1.29, 1.82) is 0 Å². The molecule has 4 nitrogen and oxygen atoms in total. The van der Waals surface area contributed by atoms with E-state index in [4.69, 9.17) is 0 Å². The van der Waals surface area contributed by atoms with Crippen molar-refractivity contribution in [3.05, 3.63) is 34.3 Å². The number of rotatable bonds is 3. The number of hydrogen-bond acceptors (Lipinski definition) is 2. The van der Waals surface area contributed by atoms with E-state index in [0.29, 0.717) is 13.0 Å². The third-order valence-electron chi connectivity index (χ3n) is 3.34. The average Bonchev–Trinajstić information content (AvgIpc) is 2.38. The van der Waals surface area contributed by atoms with Crippen LogP contribution < -0.4 is 5.32 Å². The van der Waals surface area contributed by atoms with Crippen LogP contribution in [-0.4, -0.2) is 28.8 Å². The van der Waals surface area contributed by atoms with Gasteiger partial charge in [0.2, 0.25) is 11.8 Å². The van der Waals surface area contributed by atoms with Crippen molar-refractivity contribution < 1.29 is 9.59 Å². The van der Waals surface area contributed by atoms with Crippen LogP contribution in [0.2, 0.25) is 0 Å². The summed E-state index contributed by atoms with van der Waals surface area (Å²) in [5.41, 5.74) is 1.02. The minimum absolute atomic E-state index is 0.0191. The number of carbonyl (C=O) groups is 2. The molecule has 2 rings (SSSR count). The zero-order valence-corrected chi connectivity index (χ0v) is 12.6. The minimum atomic E-state index is -0.439. The second-order valence-electron chi connectivity index (χ2n) is 4.75. The summed E-state index contributed by atoms with van der Waals surface area (Å²) < 4.78 is 0.999. The minimum Gasteiger partial charge on any atom is -0.343 e. The lowest BCUT2D eigenvalue weighted by atomic mass is 10.0. The Morgan fingerprint density at radius 1 is 1.26 bits per heavy atom. The summed E-state index contributed by atoms with van der Waals surface area (Å²) in [6, 6.07) is 6.99. The molecule has 2 amide bonds. The van der Waals surface area contributed by atoms with Gasteiger partial charge in [-0.1, -0.05) is 35.0 Å². The van der Waals surface area contributed by atoms with Gasteiger partial charge in [-0.3, -0.25) is 9.59 Å². The number of hydrogen-bond donors (Lipinski definition) is 1. The van der Waals surface area contributed by atoms with Gasteiger partial charge in [-0.15, -0.1) is 0 Å². The molecule has 1 aliphatic heterocycles. The van der Waals surface area contributed by atoms with Crippen LogP contribution in [0.15, 0.2) is 28.7 Å². The molecule has 5 heteroatoms. The van der Waals surface area contributed by atoms with Gasteiger partial charge in [0.05, 0.1) is 0 Å². The molecule has 0 aliphatic carbocycles. The van der Waals surface area contributed by atoms with Crippen LogP contribution in [0.1, 0.15) is 25.8 Å². The van der Waals surface area contributed by atoms with Crippen LogP contribution >= 0.6 is 15.9 Å². The molecule has 1 aliphatic rings. The third-order valence-corrected chi connectivity index (χ3v) is 3.87. The number of carbonyl (C=O) groups excluding carboxylic acids is 2. The molecular weight excluding hydrogens is 308 g/mol. The van der Waals surface area contributed by atoms with Crippen LogP contribution in [0.3, 0.4) is 0 Å². The summed E-state index contributed by atoms with van der Waals surface area (Å²) >= 11 is 3.38. The second-order valence-corrected chi connectivity index (χ2v) is 5.66. The van der Waals surface area contributed by atoms with Gasteiger partial charge in [0.25, 0.3) is 0 Å². The molecule has 0 radical (unpaired) electrons. The quantitative estimate of drug-likeness (QED) is 0.925. The Labute approximate surface area is 121 Å². The van der Waals surface area contributed by atoms with Gasteiger partial charge in [-0.2, -0.15) is 0 Å². The second kappa shape index (κ2) is 5.74. The molecule has 2 unspecified atom stereocenters. The largest absolute Gasteiger partial charge is 0.343 e. The number of amides is 2. The summed E-state index contributed by atoms with van der Waals surface area (Å²) in [6.45, 7) is 4.12. The molecule has 1 N–H and O–H groups in total. The fourth-order valence-electron chi connectivity index (χ4n) is 2.30. The van der Waals surface area contributed by atoms with Gasteiger partial charge in [0.1, 0.15) is 12.1 Å². The molecule has 1 aromatic carbocycles. The Bertz CT molecular complexity index is 487. The molecule has 1 aromatic rings. The molecule has 1 fully saturated rings. The number of benzene rings is 1. The lowest BCUT2D eigenvalue weighted by molar-refractivity contribution is -0.149. The van der Waals surface area contributed by atoms with Crippen molar-refractivity contribution in [3.8, 4) is 0 Å². The number of nitrogens with zero attached hydrogens (tertiary/aromatic N) is 1. The number of piperazine rings is 1. The topological polar surface area (TPSA) is 49.4 Å². The van der Waals surface area contributed by atoms with E-state index in [-0.39, 0.29) is 17.9 Å². The van der Waals surface area contributed by atoms with Gasteiger partial charge >= 0.3 is 0 Å². The summed E-state index contributed by atoms with van der Waals surface area (Å²) in [6.07, 6.45) is 0.626. The number of nitrogens with one attached hydrogen (secondary N) is 1. The van der Waals surface area contributed by atoms with E-state index in [2.05, 4.69) is 21.2 Å². The fourth-order valence-corrected chi connectivity index (χ4v) is 2.56. The molecule has 102 valence electrons. The van der Waals surface area contributed by atoms with E-state index in [1.54, 1.807) is 11.8 Å². The molecule has 2 atom stereocenters. The first-order valence-electron chi connectivity index (χ1n) is 6.38. The van der Waals surface area contributed by atoms with Crippen molar-refractivity contribution in [2.24, 2.45) is 0 Å². The fraction of sp³-hybridized carbons (Fsp3) is 0.429. The van der Waals surface area contributed by atoms with E-state index in [1.165, 1.54) is 0 Å². The Morgan fingerprint density at radius 3 is 2.47 bits per heavy atom. The molecule has 0 bridgehead atoms. The Hall–Kier alpha value is -1.36. The molecule has 1 saturated heterocycles. The van der Waals surface area contributed by atoms with Crippen molar-refractivity contribution in [2.45, 2.75) is 38.9 Å². The first-order valence-corrected chi connectivity index (χ1v) is 7.17. The summed E-state index contributed by atoms with van der Waals surface area (Å²) in [5, 5.41) is 2.72. The van der Waals surface area contributed by atoms with Crippen LogP contribution in [0.4, 0.5) is 0 Å². The van der Waals surface area contributed by atoms with Crippen LogP contribution in [0.5, 0.6) is 0 Å². The zero-order chi connectivity index (χ0) is 14.0. The third kappa shape index (κ3) is 2.97. The maximum atomic E-state index is 12.2. The normalized spacial score (nSPS) is 23.4. The van der Waals surface area contributed by atoms with Gasteiger partial charge in [0.15, 0.2) is 0 Å². The SMILES string of the molecule is CCC1C(=O)NC(C)C(=O)N1Cc1ccc(Br)cc1. The highest BCUT2D eigenvalue weighted by atomic mass is 79.9. The summed E-state index contributed by atoms with van der Waals surface area (Å²) in [4.78, 5) is 25.8. The molecule has 0 spiro atoms. The van der Waals surface area contributed by atoms with Gasteiger partial charge in [-0.25, -0.2) is 0 Å². The van der Waals surface area contributed by atoms with Crippen LogP contribution in [0, 0.1) is 0 Å². The van der Waals surface area contributed by atoms with E-state index in [9.17, 15) is 9.59 Å². The van der Waals surface area contributed by atoms with Crippen LogP contribution in [-0.2, 0) is 16.1 Å². The molecule has 1 heterocycles. The molecule has 19 heavy (non-hydrogen) atoms. The molecule has 0 aromatic heterocycles. The van der Waals surface area contributed by atoms with Crippen molar-refractivity contribution in [2.75, 3.05) is 0 Å². The van der Waals surface area contributed by atoms with Crippen molar-refractivity contribution >= 4 is 27.7 Å². The summed E-state index contributed by atoms with van der Waals surface area (Å²) in [7, 11) is 0. The lowest BCUT2D eigenvalue weighted by Gasteiger charge is -2.37. The predicted octanol–water partition coefficient (Wildman–Crippen LogP) is 2.07. The monoisotopic (exact) mass is 324 g/mol. The zero-order valence-electron chi connectivity index (χ0n) is 11.0. The lowest BCUT2D eigenvalue weighted by Crippen LogP contribution is -2.61. The predicted molar refractivity (Wildman–Crippen MR) is 76.4 cm³/mol. The highest BCUT2D eigenvalue weighted by Crippen LogP contribution is 2.18. The van der Waals surface area contributed by atoms with Crippen molar-refractivity contribution in [1.82, 2.24) is 10.2 Å². The van der Waals surface area contributed by atoms with E-state index in [1.807, 2.05) is 31.2 Å². The Balaban J connectivity index is 2.21. The highest BCUT2D eigenvalue weighted by molar-refractivity contribution is 9.10.